The molecule has 0 radical (unpaired) electrons. The molecule has 1 amide bonds. The second-order valence-electron chi connectivity index (χ2n) is 4.97. The van der Waals surface area contributed by atoms with Crippen LogP contribution in [0.5, 0.6) is 0 Å². The Morgan fingerprint density at radius 3 is 3.00 bits per heavy atom. The predicted octanol–water partition coefficient (Wildman–Crippen LogP) is -0.0135. The van der Waals surface area contributed by atoms with Gasteiger partial charge in [0.2, 0.25) is 5.91 Å². The van der Waals surface area contributed by atoms with E-state index >= 15 is 0 Å². The highest BCUT2D eigenvalue weighted by atomic mass is 16.4. The maximum absolute atomic E-state index is 11.9. The Bertz CT molecular complexity index is 512. The van der Waals surface area contributed by atoms with Gasteiger partial charge in [-0.15, -0.1) is 0 Å². The number of hydrogen-bond donors (Lipinski definition) is 2. The fourth-order valence-corrected chi connectivity index (χ4v) is 2.55. The van der Waals surface area contributed by atoms with Gasteiger partial charge >= 0.3 is 5.97 Å². The molecule has 1 aliphatic rings. The molecule has 1 atom stereocenters. The third kappa shape index (κ3) is 3.16. The first-order valence-corrected chi connectivity index (χ1v) is 6.78. The maximum Gasteiger partial charge on any atom is 0.305 e. The van der Waals surface area contributed by atoms with Crippen molar-refractivity contribution in [2.24, 2.45) is 0 Å². The van der Waals surface area contributed by atoms with Crippen LogP contribution in [0.2, 0.25) is 0 Å². The molecule has 0 bridgehead atoms. The normalized spacial score (nSPS) is 19.9. The lowest BCUT2D eigenvalue weighted by Gasteiger charge is -2.34. The van der Waals surface area contributed by atoms with Crippen LogP contribution in [0.1, 0.15) is 24.7 Å². The van der Waals surface area contributed by atoms with E-state index in [2.05, 4.69) is 10.4 Å². The molecule has 1 fully saturated rings. The molecule has 1 unspecified atom stereocenters. The van der Waals surface area contributed by atoms with Gasteiger partial charge in [-0.05, 0) is 19.9 Å². The molecule has 0 aromatic carbocycles. The van der Waals surface area contributed by atoms with Crippen LogP contribution in [0.25, 0.3) is 0 Å². The van der Waals surface area contributed by atoms with Crippen molar-refractivity contribution in [3.63, 3.8) is 0 Å². The summed E-state index contributed by atoms with van der Waals surface area (Å²) in [4.78, 5) is 24.7. The molecule has 110 valence electrons. The van der Waals surface area contributed by atoms with Gasteiger partial charge in [0, 0.05) is 26.2 Å². The zero-order chi connectivity index (χ0) is 14.7. The van der Waals surface area contributed by atoms with Crippen molar-refractivity contribution in [1.82, 2.24) is 20.0 Å². The minimum Gasteiger partial charge on any atom is -0.481 e. The van der Waals surface area contributed by atoms with Crippen LogP contribution < -0.4 is 5.32 Å². The lowest BCUT2D eigenvalue weighted by atomic mass is 10.1. The Morgan fingerprint density at radius 2 is 2.35 bits per heavy atom. The highest BCUT2D eigenvalue weighted by Gasteiger charge is 2.32. The summed E-state index contributed by atoms with van der Waals surface area (Å²) in [6.45, 7) is 6.43. The molecule has 1 aliphatic heterocycles. The third-order valence-electron chi connectivity index (χ3n) is 3.46. The first-order chi connectivity index (χ1) is 9.51. The number of aryl methyl sites for hydroxylation is 2. The van der Waals surface area contributed by atoms with Gasteiger partial charge in [-0.1, -0.05) is 0 Å². The molecule has 7 nitrogen and oxygen atoms in total. The summed E-state index contributed by atoms with van der Waals surface area (Å²) in [5, 5.41) is 16.0. The molecule has 2 N–H and O–H groups in total. The molecule has 2 heterocycles. The number of carboxylic acids is 1. The number of aromatic nitrogens is 2. The van der Waals surface area contributed by atoms with Gasteiger partial charge < -0.3 is 10.4 Å². The summed E-state index contributed by atoms with van der Waals surface area (Å²) in [5.74, 6) is -1.17. The largest absolute Gasteiger partial charge is 0.481 e. The zero-order valence-electron chi connectivity index (χ0n) is 11.8. The molecular weight excluding hydrogens is 260 g/mol. The van der Waals surface area contributed by atoms with Crippen molar-refractivity contribution in [3.8, 4) is 0 Å². The van der Waals surface area contributed by atoms with Crippen molar-refractivity contribution in [1.29, 1.82) is 0 Å². The molecular formula is C13H20N4O3. The Morgan fingerprint density at radius 1 is 1.60 bits per heavy atom. The number of carboxylic acid groups (broad SMARTS) is 1. The van der Waals surface area contributed by atoms with Gasteiger partial charge in [0.15, 0.2) is 0 Å². The summed E-state index contributed by atoms with van der Waals surface area (Å²) in [5.41, 5.74) is 1.94. The van der Waals surface area contributed by atoms with Crippen molar-refractivity contribution in [2.75, 3.05) is 13.1 Å². The number of carbonyl (C=O) groups excluding carboxylic acids is 1. The minimum atomic E-state index is -0.961. The fourth-order valence-electron chi connectivity index (χ4n) is 2.55. The summed E-state index contributed by atoms with van der Waals surface area (Å²) in [7, 11) is 0. The molecule has 20 heavy (non-hydrogen) atoms. The summed E-state index contributed by atoms with van der Waals surface area (Å²) < 4.78 is 1.89. The standard InChI is InChI=1S/C13H20N4O3/c1-3-17-10(6-9(2)15-17)8-16-5-4-14-13(20)11(16)7-12(18)19/h6,11H,3-5,7-8H2,1-2H3,(H,14,20)(H,18,19). The quantitative estimate of drug-likeness (QED) is 0.792. The van der Waals surface area contributed by atoms with Crippen molar-refractivity contribution >= 4 is 11.9 Å². The molecule has 0 aliphatic carbocycles. The molecule has 1 aromatic heterocycles. The lowest BCUT2D eigenvalue weighted by Crippen LogP contribution is -2.55. The van der Waals surface area contributed by atoms with Crippen molar-refractivity contribution in [2.45, 2.75) is 39.4 Å². The number of aliphatic carboxylic acids is 1. The van der Waals surface area contributed by atoms with E-state index in [0.29, 0.717) is 19.6 Å². The lowest BCUT2D eigenvalue weighted by molar-refractivity contribution is -0.143. The van der Waals surface area contributed by atoms with E-state index in [1.807, 2.05) is 29.5 Å². The van der Waals surface area contributed by atoms with Crippen LogP contribution in [0.15, 0.2) is 6.07 Å². The number of hydrogen-bond acceptors (Lipinski definition) is 4. The molecule has 7 heteroatoms. The third-order valence-corrected chi connectivity index (χ3v) is 3.46. The van der Waals surface area contributed by atoms with Crippen LogP contribution in [-0.2, 0) is 22.7 Å². The summed E-state index contributed by atoms with van der Waals surface area (Å²) >= 11 is 0. The SMILES string of the molecule is CCn1nc(C)cc1CN1CCNC(=O)C1CC(=O)O. The molecule has 2 rings (SSSR count). The second kappa shape index (κ2) is 6.04. The summed E-state index contributed by atoms with van der Waals surface area (Å²) in [6.07, 6.45) is -0.176. The zero-order valence-corrected chi connectivity index (χ0v) is 11.8. The predicted molar refractivity (Wildman–Crippen MR) is 72.1 cm³/mol. The van der Waals surface area contributed by atoms with Gasteiger partial charge in [0.1, 0.15) is 6.04 Å². The Balaban J connectivity index is 2.16. The number of nitrogens with zero attached hydrogens (tertiary/aromatic N) is 3. The molecule has 1 aromatic rings. The van der Waals surface area contributed by atoms with Gasteiger partial charge in [0.25, 0.3) is 0 Å². The van der Waals surface area contributed by atoms with E-state index < -0.39 is 12.0 Å². The Labute approximate surface area is 117 Å². The van der Waals surface area contributed by atoms with E-state index in [1.54, 1.807) is 0 Å². The maximum atomic E-state index is 11.9. The van der Waals surface area contributed by atoms with E-state index in [9.17, 15) is 9.59 Å². The van der Waals surface area contributed by atoms with Gasteiger partial charge in [0.05, 0.1) is 17.8 Å². The first kappa shape index (κ1) is 14.5. The van der Waals surface area contributed by atoms with Crippen LogP contribution >= 0.6 is 0 Å². The monoisotopic (exact) mass is 280 g/mol. The van der Waals surface area contributed by atoms with Gasteiger partial charge in [-0.2, -0.15) is 5.10 Å². The number of nitrogens with one attached hydrogen (secondary N) is 1. The highest BCUT2D eigenvalue weighted by molar-refractivity contribution is 5.86. The average Bonchev–Trinajstić information content (AvgIpc) is 2.73. The molecule has 0 spiro atoms. The number of amides is 1. The van der Waals surface area contributed by atoms with Crippen molar-refractivity contribution in [3.05, 3.63) is 17.5 Å². The topological polar surface area (TPSA) is 87.5 Å². The number of carbonyl (C=O) groups is 2. The van der Waals surface area contributed by atoms with Crippen LogP contribution in [0, 0.1) is 6.92 Å². The smallest absolute Gasteiger partial charge is 0.305 e. The Kier molecular flexibility index (Phi) is 4.39. The van der Waals surface area contributed by atoms with Crippen LogP contribution in [0.4, 0.5) is 0 Å². The molecule has 1 saturated heterocycles. The summed E-state index contributed by atoms with van der Waals surface area (Å²) in [6, 6.07) is 1.37. The van der Waals surface area contributed by atoms with E-state index in [0.717, 1.165) is 17.9 Å². The van der Waals surface area contributed by atoms with Gasteiger partial charge in [-0.25, -0.2) is 0 Å². The van der Waals surface area contributed by atoms with Crippen molar-refractivity contribution < 1.29 is 14.7 Å². The van der Waals surface area contributed by atoms with E-state index in [-0.39, 0.29) is 12.3 Å². The minimum absolute atomic E-state index is 0.176. The second-order valence-corrected chi connectivity index (χ2v) is 4.97. The molecule has 0 saturated carbocycles. The first-order valence-electron chi connectivity index (χ1n) is 6.78. The number of piperazine rings is 1. The number of rotatable bonds is 5. The van der Waals surface area contributed by atoms with Crippen LogP contribution in [-0.4, -0.2) is 50.8 Å². The fraction of sp³-hybridized carbons (Fsp3) is 0.615. The highest BCUT2D eigenvalue weighted by Crippen LogP contribution is 2.15. The van der Waals surface area contributed by atoms with E-state index in [1.165, 1.54) is 0 Å². The van der Waals surface area contributed by atoms with E-state index in [4.69, 9.17) is 5.11 Å². The van der Waals surface area contributed by atoms with Crippen LogP contribution in [0.3, 0.4) is 0 Å². The Hall–Kier alpha value is -1.89. The van der Waals surface area contributed by atoms with Gasteiger partial charge in [-0.3, -0.25) is 19.2 Å². The average molecular weight is 280 g/mol.